The molecule has 0 amide bonds. The van der Waals surface area contributed by atoms with Gasteiger partial charge in [0.15, 0.2) is 0 Å². The molecule has 0 radical (unpaired) electrons. The zero-order valence-corrected chi connectivity index (χ0v) is 11.6. The minimum atomic E-state index is -0.779. The van der Waals surface area contributed by atoms with Crippen LogP contribution in [0.5, 0.6) is 0 Å². The van der Waals surface area contributed by atoms with Crippen LogP contribution in [0.25, 0.3) is 0 Å². The summed E-state index contributed by atoms with van der Waals surface area (Å²) in [5, 5.41) is 12.1. The summed E-state index contributed by atoms with van der Waals surface area (Å²) in [7, 11) is 0. The van der Waals surface area contributed by atoms with Crippen LogP contribution >= 0.6 is 0 Å². The highest BCUT2D eigenvalue weighted by molar-refractivity contribution is 5.73. The highest BCUT2D eigenvalue weighted by Crippen LogP contribution is 2.07. The van der Waals surface area contributed by atoms with E-state index >= 15 is 0 Å². The lowest BCUT2D eigenvalue weighted by atomic mass is 10.0. The van der Waals surface area contributed by atoms with Gasteiger partial charge in [-0.2, -0.15) is 0 Å². The molecule has 18 heavy (non-hydrogen) atoms. The summed E-state index contributed by atoms with van der Waals surface area (Å²) in [6, 6.07) is -0.461. The second kappa shape index (κ2) is 9.66. The van der Waals surface area contributed by atoms with Gasteiger partial charge in [0.1, 0.15) is 6.04 Å². The number of hydrogen-bond donors (Lipinski definition) is 2. The molecule has 0 heterocycles. The van der Waals surface area contributed by atoms with E-state index in [-0.39, 0.29) is 5.92 Å². The fourth-order valence-electron chi connectivity index (χ4n) is 1.63. The third-order valence-electron chi connectivity index (χ3n) is 2.70. The van der Waals surface area contributed by atoms with Crippen molar-refractivity contribution < 1.29 is 9.90 Å². The van der Waals surface area contributed by atoms with Crippen molar-refractivity contribution in [2.24, 2.45) is 5.92 Å². The number of aliphatic carboxylic acids is 1. The zero-order chi connectivity index (χ0) is 14.0. The Labute approximate surface area is 110 Å². The molecule has 0 fully saturated rings. The fourth-order valence-corrected chi connectivity index (χ4v) is 1.63. The Balaban J connectivity index is 4.04. The van der Waals surface area contributed by atoms with E-state index in [2.05, 4.69) is 11.9 Å². The second-order valence-corrected chi connectivity index (χ2v) is 4.59. The fraction of sp³-hybridized carbons (Fsp3) is 0.533. The van der Waals surface area contributed by atoms with Crippen LogP contribution in [0.1, 0.15) is 33.6 Å². The van der Waals surface area contributed by atoms with Gasteiger partial charge in [0.2, 0.25) is 0 Å². The number of carbonyl (C=O) groups is 1. The summed E-state index contributed by atoms with van der Waals surface area (Å²) < 4.78 is 0. The lowest BCUT2D eigenvalue weighted by molar-refractivity contribution is -0.140. The number of allylic oxidation sites excluding steroid dienone is 5. The van der Waals surface area contributed by atoms with Crippen molar-refractivity contribution >= 4 is 5.97 Å². The number of carboxylic acid groups (broad SMARTS) is 1. The van der Waals surface area contributed by atoms with Crippen LogP contribution in [-0.2, 0) is 4.79 Å². The van der Waals surface area contributed by atoms with Gasteiger partial charge in [-0.25, -0.2) is 0 Å². The van der Waals surface area contributed by atoms with E-state index in [1.54, 1.807) is 0 Å². The van der Waals surface area contributed by atoms with Crippen LogP contribution in [0.3, 0.4) is 0 Å². The van der Waals surface area contributed by atoms with Crippen LogP contribution in [0.2, 0.25) is 0 Å². The normalized spacial score (nSPS) is 14.1. The summed E-state index contributed by atoms with van der Waals surface area (Å²) in [6.07, 6.45) is 9.65. The van der Waals surface area contributed by atoms with Gasteiger partial charge in [-0.15, -0.1) is 0 Å². The number of nitrogens with one attached hydrogen (secondary N) is 1. The van der Waals surface area contributed by atoms with E-state index in [1.807, 2.05) is 45.1 Å². The van der Waals surface area contributed by atoms with Gasteiger partial charge in [0, 0.05) is 0 Å². The maximum atomic E-state index is 11.0. The van der Waals surface area contributed by atoms with Gasteiger partial charge in [-0.05, 0) is 37.8 Å². The minimum absolute atomic E-state index is 0.0972. The minimum Gasteiger partial charge on any atom is -0.480 e. The third kappa shape index (κ3) is 7.07. The molecule has 0 rings (SSSR count). The standard InChI is InChI=1S/C15H25NO2/c1-5-7-9-13(6-2)10-8-11-16-14(12(3)4)15(17)18/h5-7,9,12,14,16H,2,8,10-11H2,1,3-4H3,(H,17,18)/b7-5-,13-9+/t14-/m0/s1. The molecule has 0 aliphatic rings. The van der Waals surface area contributed by atoms with Gasteiger partial charge in [-0.3, -0.25) is 4.79 Å². The Kier molecular flexibility index (Phi) is 8.93. The Morgan fingerprint density at radius 3 is 2.56 bits per heavy atom. The Morgan fingerprint density at radius 2 is 2.11 bits per heavy atom. The van der Waals surface area contributed by atoms with Gasteiger partial charge in [0.25, 0.3) is 0 Å². The molecule has 0 saturated heterocycles. The summed E-state index contributed by atoms with van der Waals surface area (Å²) >= 11 is 0. The smallest absolute Gasteiger partial charge is 0.320 e. The Morgan fingerprint density at radius 1 is 1.44 bits per heavy atom. The van der Waals surface area contributed by atoms with E-state index in [4.69, 9.17) is 5.11 Å². The Hall–Kier alpha value is -1.35. The first-order valence-electron chi connectivity index (χ1n) is 6.43. The first kappa shape index (κ1) is 16.6. The van der Waals surface area contributed by atoms with Crippen molar-refractivity contribution in [3.05, 3.63) is 36.5 Å². The molecule has 0 spiro atoms. The predicted octanol–water partition coefficient (Wildman–Crippen LogP) is 3.15. The molecule has 0 saturated carbocycles. The second-order valence-electron chi connectivity index (χ2n) is 4.59. The molecule has 2 N–H and O–H groups in total. The van der Waals surface area contributed by atoms with Crippen LogP contribution in [-0.4, -0.2) is 23.7 Å². The van der Waals surface area contributed by atoms with Crippen LogP contribution in [0.4, 0.5) is 0 Å². The largest absolute Gasteiger partial charge is 0.480 e. The summed E-state index contributed by atoms with van der Waals surface area (Å²) in [4.78, 5) is 11.0. The average molecular weight is 251 g/mol. The number of rotatable bonds is 9. The SMILES string of the molecule is C=C/C(=C\C=C/C)CCCN[C@H](C(=O)O)C(C)C. The lowest BCUT2D eigenvalue weighted by Crippen LogP contribution is -2.41. The van der Waals surface area contributed by atoms with Crippen molar-refractivity contribution in [1.29, 1.82) is 0 Å². The topological polar surface area (TPSA) is 49.3 Å². The maximum Gasteiger partial charge on any atom is 0.320 e. The highest BCUT2D eigenvalue weighted by Gasteiger charge is 2.19. The van der Waals surface area contributed by atoms with Gasteiger partial charge in [-0.1, -0.05) is 44.7 Å². The van der Waals surface area contributed by atoms with Gasteiger partial charge in [0.05, 0.1) is 0 Å². The molecule has 0 aromatic carbocycles. The molecule has 0 aromatic rings. The third-order valence-corrected chi connectivity index (χ3v) is 2.70. The van der Waals surface area contributed by atoms with Crippen molar-refractivity contribution in [3.63, 3.8) is 0 Å². The molecular formula is C15H25NO2. The molecule has 0 unspecified atom stereocenters. The predicted molar refractivity (Wildman–Crippen MR) is 76.6 cm³/mol. The van der Waals surface area contributed by atoms with Crippen LogP contribution < -0.4 is 5.32 Å². The molecule has 102 valence electrons. The zero-order valence-electron chi connectivity index (χ0n) is 11.6. The average Bonchev–Trinajstić information content (AvgIpc) is 2.31. The molecule has 3 heteroatoms. The molecule has 3 nitrogen and oxygen atoms in total. The van der Waals surface area contributed by atoms with Crippen molar-refractivity contribution in [1.82, 2.24) is 5.32 Å². The van der Waals surface area contributed by atoms with Crippen LogP contribution in [0, 0.1) is 5.92 Å². The van der Waals surface area contributed by atoms with Gasteiger partial charge < -0.3 is 10.4 Å². The Bertz CT molecular complexity index is 316. The van der Waals surface area contributed by atoms with E-state index in [0.29, 0.717) is 6.54 Å². The van der Waals surface area contributed by atoms with E-state index in [9.17, 15) is 4.79 Å². The lowest BCUT2D eigenvalue weighted by Gasteiger charge is -2.17. The van der Waals surface area contributed by atoms with E-state index in [0.717, 1.165) is 12.8 Å². The molecular weight excluding hydrogens is 226 g/mol. The quantitative estimate of drug-likeness (QED) is 0.489. The first-order chi connectivity index (χ1) is 8.52. The number of hydrogen-bond acceptors (Lipinski definition) is 2. The highest BCUT2D eigenvalue weighted by atomic mass is 16.4. The molecule has 0 aliphatic heterocycles. The maximum absolute atomic E-state index is 11.0. The summed E-state index contributed by atoms with van der Waals surface area (Å²) in [5.41, 5.74) is 1.17. The summed E-state index contributed by atoms with van der Waals surface area (Å²) in [6.45, 7) is 10.3. The number of carboxylic acids is 1. The molecule has 1 atom stereocenters. The summed E-state index contributed by atoms with van der Waals surface area (Å²) in [5.74, 6) is -0.682. The van der Waals surface area contributed by atoms with Crippen molar-refractivity contribution in [2.75, 3.05) is 6.54 Å². The monoisotopic (exact) mass is 251 g/mol. The van der Waals surface area contributed by atoms with Crippen molar-refractivity contribution in [3.8, 4) is 0 Å². The molecule has 0 bridgehead atoms. The molecule has 0 aromatic heterocycles. The van der Waals surface area contributed by atoms with Gasteiger partial charge >= 0.3 is 5.97 Å². The molecule has 0 aliphatic carbocycles. The van der Waals surface area contributed by atoms with Crippen molar-refractivity contribution in [2.45, 2.75) is 39.7 Å². The van der Waals surface area contributed by atoms with E-state index in [1.165, 1.54) is 5.57 Å². The first-order valence-corrected chi connectivity index (χ1v) is 6.43. The van der Waals surface area contributed by atoms with E-state index < -0.39 is 12.0 Å². The van der Waals surface area contributed by atoms with Crippen LogP contribution in [0.15, 0.2) is 36.5 Å².